The summed E-state index contributed by atoms with van der Waals surface area (Å²) in [5, 5.41) is 13.4. The summed E-state index contributed by atoms with van der Waals surface area (Å²) in [5.41, 5.74) is 0. The van der Waals surface area contributed by atoms with E-state index >= 15 is 0 Å². The fourth-order valence-electron chi connectivity index (χ4n) is 1.01. The zero-order chi connectivity index (χ0) is 13.3. The lowest BCUT2D eigenvalue weighted by atomic mass is 10.3. The van der Waals surface area contributed by atoms with Gasteiger partial charge in [0.2, 0.25) is 5.91 Å². The van der Waals surface area contributed by atoms with E-state index in [1.165, 1.54) is 4.90 Å². The maximum Gasteiger partial charge on any atom is 0.314 e. The van der Waals surface area contributed by atoms with Crippen molar-refractivity contribution in [2.45, 2.75) is 19.3 Å². The van der Waals surface area contributed by atoms with Crippen LogP contribution in [-0.4, -0.2) is 55.1 Å². The highest BCUT2D eigenvalue weighted by molar-refractivity contribution is 5.77. The average molecular weight is 245 g/mol. The summed E-state index contributed by atoms with van der Waals surface area (Å²) in [7, 11) is 3.29. The first-order valence-corrected chi connectivity index (χ1v) is 5.37. The highest BCUT2D eigenvalue weighted by Gasteiger charge is 2.05. The van der Waals surface area contributed by atoms with E-state index < -0.39 is 5.97 Å². The van der Waals surface area contributed by atoms with Gasteiger partial charge in [-0.1, -0.05) is 0 Å². The highest BCUT2D eigenvalue weighted by atomic mass is 16.4. The van der Waals surface area contributed by atoms with E-state index in [1.807, 2.05) is 0 Å². The molecule has 0 aliphatic heterocycles. The number of urea groups is 1. The Morgan fingerprint density at radius 3 is 2.18 bits per heavy atom. The van der Waals surface area contributed by atoms with Gasteiger partial charge in [0.1, 0.15) is 0 Å². The van der Waals surface area contributed by atoms with E-state index in [9.17, 15) is 14.4 Å². The van der Waals surface area contributed by atoms with Gasteiger partial charge in [-0.3, -0.25) is 9.59 Å². The lowest BCUT2D eigenvalue weighted by Crippen LogP contribution is -2.38. The van der Waals surface area contributed by atoms with E-state index in [-0.39, 0.29) is 31.3 Å². The molecule has 0 aromatic carbocycles. The summed E-state index contributed by atoms with van der Waals surface area (Å²) >= 11 is 0. The van der Waals surface area contributed by atoms with Crippen LogP contribution >= 0.6 is 0 Å². The van der Waals surface area contributed by atoms with Crippen LogP contribution in [0.5, 0.6) is 0 Å². The Morgan fingerprint density at radius 2 is 1.65 bits per heavy atom. The number of hydrogen-bond donors (Lipinski definition) is 3. The lowest BCUT2D eigenvalue weighted by Gasteiger charge is -2.10. The Kier molecular flexibility index (Phi) is 7.49. The number of rotatable bonds is 7. The molecule has 0 bridgehead atoms. The largest absolute Gasteiger partial charge is 0.481 e. The van der Waals surface area contributed by atoms with Crippen LogP contribution in [-0.2, 0) is 9.59 Å². The van der Waals surface area contributed by atoms with Crippen LogP contribution in [0.4, 0.5) is 4.79 Å². The number of carboxylic acid groups (broad SMARTS) is 1. The van der Waals surface area contributed by atoms with E-state index in [2.05, 4.69) is 10.6 Å². The molecule has 3 N–H and O–H groups in total. The third-order valence-electron chi connectivity index (χ3n) is 1.98. The number of aliphatic carboxylic acids is 1. The van der Waals surface area contributed by atoms with Gasteiger partial charge >= 0.3 is 12.0 Å². The zero-order valence-electron chi connectivity index (χ0n) is 10.2. The Bertz CT molecular complexity index is 279. The molecule has 7 nitrogen and oxygen atoms in total. The normalized spacial score (nSPS) is 9.53. The second kappa shape index (κ2) is 8.37. The molecule has 0 heterocycles. The predicted molar refractivity (Wildman–Crippen MR) is 61.6 cm³/mol. The first kappa shape index (κ1) is 15.2. The van der Waals surface area contributed by atoms with Gasteiger partial charge in [0, 0.05) is 40.0 Å². The molecule has 0 fully saturated rings. The molecule has 98 valence electrons. The van der Waals surface area contributed by atoms with Gasteiger partial charge in [-0.2, -0.15) is 0 Å². The van der Waals surface area contributed by atoms with E-state index in [4.69, 9.17) is 5.11 Å². The molecule has 0 rings (SSSR count). The Labute approximate surface area is 100 Å². The number of carboxylic acids is 1. The number of amides is 3. The molecule has 0 aliphatic rings. The Balaban J connectivity index is 3.47. The van der Waals surface area contributed by atoms with Crippen LogP contribution in [0.1, 0.15) is 19.3 Å². The van der Waals surface area contributed by atoms with Crippen LogP contribution in [0.25, 0.3) is 0 Å². The van der Waals surface area contributed by atoms with Crippen LogP contribution < -0.4 is 10.6 Å². The molecule has 0 saturated heterocycles. The van der Waals surface area contributed by atoms with Gasteiger partial charge in [0.25, 0.3) is 0 Å². The van der Waals surface area contributed by atoms with Crippen molar-refractivity contribution in [3.63, 3.8) is 0 Å². The third kappa shape index (κ3) is 9.16. The minimum absolute atomic E-state index is 0.0272. The molecule has 0 saturated carbocycles. The van der Waals surface area contributed by atoms with Crippen LogP contribution in [0.3, 0.4) is 0 Å². The van der Waals surface area contributed by atoms with Crippen molar-refractivity contribution in [1.29, 1.82) is 0 Å². The lowest BCUT2D eigenvalue weighted by molar-refractivity contribution is -0.137. The third-order valence-corrected chi connectivity index (χ3v) is 1.98. The molecular weight excluding hydrogens is 226 g/mol. The molecule has 0 spiro atoms. The van der Waals surface area contributed by atoms with Gasteiger partial charge in [-0.25, -0.2) is 4.79 Å². The smallest absolute Gasteiger partial charge is 0.314 e. The van der Waals surface area contributed by atoms with Crippen molar-refractivity contribution in [1.82, 2.24) is 15.5 Å². The quantitative estimate of drug-likeness (QED) is 0.533. The summed E-state index contributed by atoms with van der Waals surface area (Å²) in [5.74, 6) is -0.944. The van der Waals surface area contributed by atoms with Crippen LogP contribution in [0.2, 0.25) is 0 Å². The summed E-state index contributed by atoms with van der Waals surface area (Å²) in [6.45, 7) is 0.571. The number of carbonyl (C=O) groups is 3. The van der Waals surface area contributed by atoms with Crippen LogP contribution in [0, 0.1) is 0 Å². The first-order chi connectivity index (χ1) is 7.93. The summed E-state index contributed by atoms with van der Waals surface area (Å²) in [4.78, 5) is 33.9. The second-order valence-electron chi connectivity index (χ2n) is 3.72. The summed E-state index contributed by atoms with van der Waals surface area (Å²) < 4.78 is 0. The predicted octanol–water partition coefficient (Wildman–Crippen LogP) is -0.371. The van der Waals surface area contributed by atoms with E-state index in [0.29, 0.717) is 13.0 Å². The maximum atomic E-state index is 11.1. The molecule has 0 aromatic rings. The number of nitrogens with zero attached hydrogens (tertiary/aromatic N) is 1. The van der Waals surface area contributed by atoms with Crippen molar-refractivity contribution in [2.75, 3.05) is 27.2 Å². The SMILES string of the molecule is CN(C)C(=O)CCNC(=O)NCCCC(=O)O. The van der Waals surface area contributed by atoms with Gasteiger partial charge < -0.3 is 20.6 Å². The van der Waals surface area contributed by atoms with Crippen molar-refractivity contribution < 1.29 is 19.5 Å². The molecule has 0 unspecified atom stereocenters. The molecule has 0 aliphatic carbocycles. The Morgan fingerprint density at radius 1 is 1.06 bits per heavy atom. The molecule has 0 atom stereocenters. The number of hydrogen-bond acceptors (Lipinski definition) is 3. The molecular formula is C10H19N3O4. The minimum Gasteiger partial charge on any atom is -0.481 e. The van der Waals surface area contributed by atoms with Gasteiger partial charge in [0.05, 0.1) is 0 Å². The number of carbonyl (C=O) groups excluding carboxylic acids is 2. The average Bonchev–Trinajstić information content (AvgIpc) is 2.23. The fraction of sp³-hybridized carbons (Fsp3) is 0.700. The van der Waals surface area contributed by atoms with Crippen molar-refractivity contribution in [3.8, 4) is 0 Å². The monoisotopic (exact) mass is 245 g/mol. The maximum absolute atomic E-state index is 11.1. The fourth-order valence-corrected chi connectivity index (χ4v) is 1.01. The van der Waals surface area contributed by atoms with Crippen molar-refractivity contribution in [3.05, 3.63) is 0 Å². The first-order valence-electron chi connectivity index (χ1n) is 5.37. The highest BCUT2D eigenvalue weighted by Crippen LogP contribution is 1.87. The standard InChI is InChI=1S/C10H19N3O4/c1-13(2)8(14)5-7-12-10(17)11-6-3-4-9(15)16/h3-7H2,1-2H3,(H,15,16)(H2,11,12,17). The Hall–Kier alpha value is -1.79. The van der Waals surface area contributed by atoms with Crippen LogP contribution in [0.15, 0.2) is 0 Å². The van der Waals surface area contributed by atoms with Gasteiger partial charge in [-0.15, -0.1) is 0 Å². The minimum atomic E-state index is -0.885. The molecule has 17 heavy (non-hydrogen) atoms. The van der Waals surface area contributed by atoms with Crippen molar-refractivity contribution in [2.24, 2.45) is 0 Å². The number of nitrogens with one attached hydrogen (secondary N) is 2. The molecule has 7 heteroatoms. The van der Waals surface area contributed by atoms with E-state index in [1.54, 1.807) is 14.1 Å². The van der Waals surface area contributed by atoms with Gasteiger partial charge in [-0.05, 0) is 6.42 Å². The summed E-state index contributed by atoms with van der Waals surface area (Å²) in [6.07, 6.45) is 0.661. The second-order valence-corrected chi connectivity index (χ2v) is 3.72. The molecule has 0 aromatic heterocycles. The topological polar surface area (TPSA) is 98.7 Å². The van der Waals surface area contributed by atoms with Crippen molar-refractivity contribution >= 4 is 17.9 Å². The van der Waals surface area contributed by atoms with Gasteiger partial charge in [0.15, 0.2) is 0 Å². The zero-order valence-corrected chi connectivity index (χ0v) is 10.2. The summed E-state index contributed by atoms with van der Waals surface area (Å²) in [6, 6.07) is -0.387. The molecule has 3 amide bonds. The molecule has 0 radical (unpaired) electrons. The van der Waals surface area contributed by atoms with E-state index in [0.717, 1.165) is 0 Å².